The summed E-state index contributed by atoms with van der Waals surface area (Å²) in [6, 6.07) is 1.07. The Bertz CT molecular complexity index is 316. The van der Waals surface area contributed by atoms with Gasteiger partial charge >= 0.3 is 0 Å². The highest BCUT2D eigenvalue weighted by Gasteiger charge is 2.12. The van der Waals surface area contributed by atoms with Crippen molar-refractivity contribution in [1.82, 2.24) is 4.98 Å². The Morgan fingerprint density at radius 1 is 1.21 bits per heavy atom. The SMILES string of the molecule is O=[C]c1cc(CF)c(CF)c(CF)n1. The third-order valence-corrected chi connectivity index (χ3v) is 1.81. The van der Waals surface area contributed by atoms with Gasteiger partial charge < -0.3 is 0 Å². The van der Waals surface area contributed by atoms with Crippen molar-refractivity contribution < 1.29 is 18.0 Å². The number of alkyl halides is 3. The fraction of sp³-hybridized carbons (Fsp3) is 0.333. The van der Waals surface area contributed by atoms with Crippen LogP contribution in [-0.4, -0.2) is 11.3 Å². The summed E-state index contributed by atoms with van der Waals surface area (Å²) < 4.78 is 37.1. The molecule has 1 aromatic rings. The van der Waals surface area contributed by atoms with E-state index >= 15 is 0 Å². The zero-order valence-corrected chi connectivity index (χ0v) is 7.19. The molecule has 0 aliphatic rings. The van der Waals surface area contributed by atoms with Crippen LogP contribution in [0.3, 0.4) is 0 Å². The second-order valence-electron chi connectivity index (χ2n) is 2.59. The van der Waals surface area contributed by atoms with Crippen LogP contribution in [-0.2, 0) is 24.8 Å². The molecule has 1 rings (SSSR count). The summed E-state index contributed by atoms with van der Waals surface area (Å²) in [7, 11) is 0. The highest BCUT2D eigenvalue weighted by molar-refractivity contribution is 5.73. The Morgan fingerprint density at radius 2 is 1.93 bits per heavy atom. The lowest BCUT2D eigenvalue weighted by atomic mass is 10.1. The van der Waals surface area contributed by atoms with Crippen molar-refractivity contribution in [3.8, 4) is 0 Å². The van der Waals surface area contributed by atoms with Gasteiger partial charge in [-0.3, -0.25) is 4.79 Å². The number of nitrogens with zero attached hydrogens (tertiary/aromatic N) is 1. The maximum Gasteiger partial charge on any atom is 0.253 e. The molecule has 0 fully saturated rings. The van der Waals surface area contributed by atoms with Crippen molar-refractivity contribution in [3.63, 3.8) is 0 Å². The normalized spacial score (nSPS) is 10.2. The minimum atomic E-state index is -1.03. The van der Waals surface area contributed by atoms with Crippen molar-refractivity contribution >= 4 is 6.29 Å². The molecule has 1 aromatic heterocycles. The summed E-state index contributed by atoms with van der Waals surface area (Å²) >= 11 is 0. The Balaban J connectivity index is 3.31. The third-order valence-electron chi connectivity index (χ3n) is 1.81. The highest BCUT2D eigenvalue weighted by atomic mass is 19.1. The van der Waals surface area contributed by atoms with Gasteiger partial charge in [-0.2, -0.15) is 0 Å². The maximum atomic E-state index is 12.4. The van der Waals surface area contributed by atoms with Crippen molar-refractivity contribution in [2.24, 2.45) is 0 Å². The number of rotatable bonds is 4. The van der Waals surface area contributed by atoms with Crippen LogP contribution in [0.25, 0.3) is 0 Å². The molecule has 0 saturated carbocycles. The largest absolute Gasteiger partial charge is 0.283 e. The molecule has 5 heteroatoms. The lowest BCUT2D eigenvalue weighted by Gasteiger charge is -2.07. The van der Waals surface area contributed by atoms with E-state index in [1.807, 2.05) is 0 Å². The molecule has 75 valence electrons. The molecule has 2 nitrogen and oxygen atoms in total. The summed E-state index contributed by atoms with van der Waals surface area (Å²) in [5.41, 5.74) is -0.606. The first kappa shape index (κ1) is 10.7. The minimum absolute atomic E-state index is 0.0477. The quantitative estimate of drug-likeness (QED) is 0.746. The minimum Gasteiger partial charge on any atom is -0.283 e. The van der Waals surface area contributed by atoms with Crippen LogP contribution in [0.15, 0.2) is 6.07 Å². The predicted octanol–water partition coefficient (Wildman–Crippen LogP) is 1.95. The molecule has 0 amide bonds. The van der Waals surface area contributed by atoms with Crippen molar-refractivity contribution in [2.45, 2.75) is 20.0 Å². The number of carbonyl (C=O) groups excluding carboxylic acids is 1. The zero-order chi connectivity index (χ0) is 10.6. The van der Waals surface area contributed by atoms with Crippen LogP contribution >= 0.6 is 0 Å². The fourth-order valence-electron chi connectivity index (χ4n) is 1.13. The second-order valence-corrected chi connectivity index (χ2v) is 2.59. The molecular weight excluding hydrogens is 195 g/mol. The Labute approximate surface area is 78.8 Å². The number of hydrogen-bond acceptors (Lipinski definition) is 2. The van der Waals surface area contributed by atoms with Crippen molar-refractivity contribution in [3.05, 3.63) is 28.6 Å². The van der Waals surface area contributed by atoms with Crippen LogP contribution < -0.4 is 0 Å². The second kappa shape index (κ2) is 4.74. The first-order valence-electron chi connectivity index (χ1n) is 3.84. The number of aromatic nitrogens is 1. The van der Waals surface area contributed by atoms with E-state index in [9.17, 15) is 18.0 Å². The molecule has 0 atom stereocenters. The first-order valence-corrected chi connectivity index (χ1v) is 3.84. The summed E-state index contributed by atoms with van der Waals surface area (Å²) in [6.07, 6.45) is 1.41. The van der Waals surface area contributed by atoms with E-state index in [1.54, 1.807) is 0 Å². The summed E-state index contributed by atoms with van der Waals surface area (Å²) in [5.74, 6) is 0. The van der Waals surface area contributed by atoms with E-state index in [0.29, 0.717) is 0 Å². The average molecular weight is 202 g/mol. The van der Waals surface area contributed by atoms with E-state index in [4.69, 9.17) is 0 Å². The molecule has 0 spiro atoms. The van der Waals surface area contributed by atoms with Crippen LogP contribution in [0, 0.1) is 0 Å². The van der Waals surface area contributed by atoms with Gasteiger partial charge in [0.1, 0.15) is 25.7 Å². The van der Waals surface area contributed by atoms with Crippen LogP contribution in [0.1, 0.15) is 22.5 Å². The number of halogens is 3. The summed E-state index contributed by atoms with van der Waals surface area (Å²) in [5, 5.41) is 0. The molecule has 0 aliphatic heterocycles. The van der Waals surface area contributed by atoms with E-state index in [1.165, 1.54) is 6.29 Å². The fourth-order valence-corrected chi connectivity index (χ4v) is 1.13. The molecule has 0 bridgehead atoms. The van der Waals surface area contributed by atoms with Crippen LogP contribution in [0.2, 0.25) is 0 Å². The van der Waals surface area contributed by atoms with Crippen LogP contribution in [0.4, 0.5) is 13.2 Å². The summed E-state index contributed by atoms with van der Waals surface area (Å²) in [4.78, 5) is 13.7. The van der Waals surface area contributed by atoms with Gasteiger partial charge in [0.15, 0.2) is 0 Å². The van der Waals surface area contributed by atoms with Gasteiger partial charge in [0.25, 0.3) is 6.29 Å². The van der Waals surface area contributed by atoms with Gasteiger partial charge in [-0.25, -0.2) is 18.2 Å². The van der Waals surface area contributed by atoms with Gasteiger partial charge in [-0.05, 0) is 11.6 Å². The van der Waals surface area contributed by atoms with Crippen molar-refractivity contribution in [2.75, 3.05) is 0 Å². The molecular formula is C9H7F3NO. The monoisotopic (exact) mass is 202 g/mol. The molecule has 14 heavy (non-hydrogen) atoms. The zero-order valence-electron chi connectivity index (χ0n) is 7.19. The standard InChI is InChI=1S/C9H7F3NO/c10-2-6-1-7(5-14)13-9(4-12)8(6)3-11/h1H,2-4H2. The number of pyridine rings is 1. The van der Waals surface area contributed by atoms with E-state index in [2.05, 4.69) is 4.98 Å². The molecule has 0 unspecified atom stereocenters. The molecule has 0 N–H and O–H groups in total. The Hall–Kier alpha value is -1.39. The first-order chi connectivity index (χ1) is 6.76. The Kier molecular flexibility index (Phi) is 3.62. The highest BCUT2D eigenvalue weighted by Crippen LogP contribution is 2.17. The third kappa shape index (κ3) is 1.92. The summed E-state index contributed by atoms with van der Waals surface area (Å²) in [6.45, 7) is -2.98. The van der Waals surface area contributed by atoms with E-state index in [-0.39, 0.29) is 22.5 Å². The predicted molar refractivity (Wildman–Crippen MR) is 43.5 cm³/mol. The van der Waals surface area contributed by atoms with Gasteiger partial charge in [0, 0.05) is 5.56 Å². The number of hydrogen-bond donors (Lipinski definition) is 0. The molecule has 1 heterocycles. The van der Waals surface area contributed by atoms with E-state index < -0.39 is 20.0 Å². The lowest BCUT2D eigenvalue weighted by Crippen LogP contribution is -2.03. The Morgan fingerprint density at radius 3 is 2.36 bits per heavy atom. The average Bonchev–Trinajstić information content (AvgIpc) is 2.26. The smallest absolute Gasteiger partial charge is 0.253 e. The van der Waals surface area contributed by atoms with Crippen molar-refractivity contribution in [1.29, 1.82) is 0 Å². The molecule has 0 aliphatic carbocycles. The van der Waals surface area contributed by atoms with Gasteiger partial charge in [-0.15, -0.1) is 0 Å². The van der Waals surface area contributed by atoms with Gasteiger partial charge in [-0.1, -0.05) is 0 Å². The van der Waals surface area contributed by atoms with E-state index in [0.717, 1.165) is 6.07 Å². The molecule has 0 saturated heterocycles. The van der Waals surface area contributed by atoms with Crippen LogP contribution in [0.5, 0.6) is 0 Å². The molecule has 0 aromatic carbocycles. The topological polar surface area (TPSA) is 30.0 Å². The maximum absolute atomic E-state index is 12.4. The van der Waals surface area contributed by atoms with Gasteiger partial charge in [0.05, 0.1) is 5.69 Å². The molecule has 1 radical (unpaired) electrons. The lowest BCUT2D eigenvalue weighted by molar-refractivity contribution is 0.430. The van der Waals surface area contributed by atoms with Gasteiger partial charge in [0.2, 0.25) is 0 Å².